The lowest BCUT2D eigenvalue weighted by Crippen LogP contribution is -2.15. The molecule has 0 aliphatic rings. The molecule has 0 aromatic heterocycles. The monoisotopic (exact) mass is 321 g/mol. The van der Waals surface area contributed by atoms with Gasteiger partial charge in [-0.25, -0.2) is 0 Å². The number of benzene rings is 2. The summed E-state index contributed by atoms with van der Waals surface area (Å²) in [6.07, 6.45) is 0.870. The van der Waals surface area contributed by atoms with Crippen molar-refractivity contribution in [1.29, 1.82) is 0 Å². The van der Waals surface area contributed by atoms with Crippen molar-refractivity contribution in [3.8, 4) is 0 Å². The van der Waals surface area contributed by atoms with Crippen LogP contribution in [0, 0.1) is 0 Å². The fourth-order valence-corrected chi connectivity index (χ4v) is 2.94. The highest BCUT2D eigenvalue weighted by Gasteiger charge is 2.15. The zero-order chi connectivity index (χ0) is 15.4. The second kappa shape index (κ2) is 7.31. The topological polar surface area (TPSA) is 26.0 Å². The largest absolute Gasteiger partial charge is 0.330 e. The maximum absolute atomic E-state index is 6.31. The van der Waals surface area contributed by atoms with Crippen molar-refractivity contribution in [3.63, 3.8) is 0 Å². The summed E-state index contributed by atoms with van der Waals surface area (Å²) in [5, 5.41) is 1.20. The van der Waals surface area contributed by atoms with E-state index in [4.69, 9.17) is 28.9 Å². The molecule has 2 rings (SSSR count). The van der Waals surface area contributed by atoms with E-state index in [2.05, 4.69) is 38.1 Å². The molecule has 0 radical (unpaired) electrons. The number of nitrogens with two attached hydrogens (primary N) is 1. The third kappa shape index (κ3) is 4.00. The molecule has 1 unspecified atom stereocenters. The van der Waals surface area contributed by atoms with Crippen molar-refractivity contribution >= 4 is 23.2 Å². The minimum absolute atomic E-state index is 0.182. The Bertz CT molecular complexity index is 591. The average molecular weight is 322 g/mol. The summed E-state index contributed by atoms with van der Waals surface area (Å²) in [4.78, 5) is 0. The first-order valence-corrected chi connectivity index (χ1v) is 8.01. The van der Waals surface area contributed by atoms with E-state index in [0.29, 0.717) is 22.5 Å². The van der Waals surface area contributed by atoms with E-state index < -0.39 is 0 Å². The summed E-state index contributed by atoms with van der Waals surface area (Å²) in [5.41, 5.74) is 9.60. The van der Waals surface area contributed by atoms with E-state index in [1.54, 1.807) is 6.07 Å². The molecule has 0 spiro atoms. The molecular formula is C18H21Cl2N. The van der Waals surface area contributed by atoms with Gasteiger partial charge in [-0.2, -0.15) is 0 Å². The van der Waals surface area contributed by atoms with E-state index in [9.17, 15) is 0 Å². The normalized spacial score (nSPS) is 12.7. The molecule has 0 aliphatic heterocycles. The Hall–Kier alpha value is -1.02. The smallest absolute Gasteiger partial charge is 0.0627 e. The Morgan fingerprint density at radius 3 is 2.24 bits per heavy atom. The van der Waals surface area contributed by atoms with Gasteiger partial charge in [-0.3, -0.25) is 0 Å². The van der Waals surface area contributed by atoms with Crippen LogP contribution in [0.4, 0.5) is 0 Å². The van der Waals surface area contributed by atoms with Crippen molar-refractivity contribution in [1.82, 2.24) is 0 Å². The van der Waals surface area contributed by atoms with Crippen LogP contribution in [0.2, 0.25) is 10.0 Å². The Morgan fingerprint density at radius 2 is 1.67 bits per heavy atom. The molecule has 0 saturated carbocycles. The van der Waals surface area contributed by atoms with Crippen LogP contribution in [0.5, 0.6) is 0 Å². The molecule has 3 heteroatoms. The van der Waals surface area contributed by atoms with Gasteiger partial charge in [0.05, 0.1) is 10.0 Å². The standard InChI is InChI=1S/C18H21Cl2N/c1-12(2)14-8-6-13(7-9-14)10-15(11-21)16-4-3-5-17(19)18(16)20/h3-9,12,15H,10-11,21H2,1-2H3. The van der Waals surface area contributed by atoms with Crippen LogP contribution in [0.1, 0.15) is 42.4 Å². The second-order valence-corrected chi connectivity index (χ2v) is 6.46. The van der Waals surface area contributed by atoms with Crippen LogP contribution >= 0.6 is 23.2 Å². The van der Waals surface area contributed by atoms with Crippen molar-refractivity contribution in [2.45, 2.75) is 32.1 Å². The van der Waals surface area contributed by atoms with Gasteiger partial charge >= 0.3 is 0 Å². The van der Waals surface area contributed by atoms with Gasteiger partial charge < -0.3 is 5.73 Å². The molecule has 2 aromatic rings. The molecular weight excluding hydrogens is 301 g/mol. The highest BCUT2D eigenvalue weighted by atomic mass is 35.5. The summed E-state index contributed by atoms with van der Waals surface area (Å²) >= 11 is 12.4. The van der Waals surface area contributed by atoms with Crippen LogP contribution in [0.25, 0.3) is 0 Å². The maximum atomic E-state index is 6.31. The third-order valence-corrected chi connectivity index (χ3v) is 4.67. The molecule has 0 aliphatic carbocycles. The average Bonchev–Trinajstić information content (AvgIpc) is 2.48. The number of rotatable bonds is 5. The lowest BCUT2D eigenvalue weighted by molar-refractivity contribution is 0.694. The van der Waals surface area contributed by atoms with Crippen LogP contribution in [-0.4, -0.2) is 6.54 Å². The molecule has 2 aromatic carbocycles. The lowest BCUT2D eigenvalue weighted by Gasteiger charge is -2.18. The number of halogens is 2. The molecule has 1 atom stereocenters. The molecule has 1 nitrogen and oxygen atoms in total. The summed E-state index contributed by atoms with van der Waals surface area (Å²) < 4.78 is 0. The molecule has 21 heavy (non-hydrogen) atoms. The molecule has 0 bridgehead atoms. The van der Waals surface area contributed by atoms with E-state index in [1.807, 2.05) is 12.1 Å². The van der Waals surface area contributed by atoms with Crippen LogP contribution < -0.4 is 5.73 Å². The van der Waals surface area contributed by atoms with E-state index >= 15 is 0 Å². The summed E-state index contributed by atoms with van der Waals surface area (Å²) in [5.74, 6) is 0.729. The van der Waals surface area contributed by atoms with Gasteiger partial charge in [0, 0.05) is 5.92 Å². The third-order valence-electron chi connectivity index (χ3n) is 3.83. The Labute approximate surface area is 137 Å². The van der Waals surface area contributed by atoms with Gasteiger partial charge in [-0.1, -0.05) is 73.4 Å². The number of hydrogen-bond acceptors (Lipinski definition) is 1. The first kappa shape index (κ1) is 16.4. The fraction of sp³-hybridized carbons (Fsp3) is 0.333. The molecule has 0 heterocycles. The molecule has 112 valence electrons. The van der Waals surface area contributed by atoms with Crippen LogP contribution in [0.15, 0.2) is 42.5 Å². The van der Waals surface area contributed by atoms with E-state index in [1.165, 1.54) is 11.1 Å². The van der Waals surface area contributed by atoms with Crippen molar-refractivity contribution < 1.29 is 0 Å². The highest BCUT2D eigenvalue weighted by Crippen LogP contribution is 2.32. The van der Waals surface area contributed by atoms with Gasteiger partial charge in [-0.15, -0.1) is 0 Å². The highest BCUT2D eigenvalue weighted by molar-refractivity contribution is 6.42. The number of hydrogen-bond donors (Lipinski definition) is 1. The first-order valence-electron chi connectivity index (χ1n) is 7.25. The molecule has 2 N–H and O–H groups in total. The van der Waals surface area contributed by atoms with Gasteiger partial charge in [0.15, 0.2) is 0 Å². The summed E-state index contributed by atoms with van der Waals surface area (Å²) in [6.45, 7) is 4.94. The summed E-state index contributed by atoms with van der Waals surface area (Å²) in [6, 6.07) is 14.5. The minimum atomic E-state index is 0.182. The van der Waals surface area contributed by atoms with Crippen LogP contribution in [0.3, 0.4) is 0 Å². The maximum Gasteiger partial charge on any atom is 0.0627 e. The van der Waals surface area contributed by atoms with E-state index in [-0.39, 0.29) is 5.92 Å². The van der Waals surface area contributed by atoms with Crippen molar-refractivity contribution in [3.05, 3.63) is 69.2 Å². The van der Waals surface area contributed by atoms with Gasteiger partial charge in [0.2, 0.25) is 0 Å². The fourth-order valence-electron chi connectivity index (χ4n) is 2.48. The van der Waals surface area contributed by atoms with Crippen molar-refractivity contribution in [2.24, 2.45) is 5.73 Å². The zero-order valence-electron chi connectivity index (χ0n) is 12.4. The zero-order valence-corrected chi connectivity index (χ0v) is 14.0. The van der Waals surface area contributed by atoms with Crippen molar-refractivity contribution in [2.75, 3.05) is 6.54 Å². The second-order valence-electron chi connectivity index (χ2n) is 5.68. The molecule has 0 saturated heterocycles. The quantitative estimate of drug-likeness (QED) is 0.783. The molecule has 0 amide bonds. The lowest BCUT2D eigenvalue weighted by atomic mass is 9.91. The Morgan fingerprint density at radius 1 is 1.00 bits per heavy atom. The Kier molecular flexibility index (Phi) is 5.69. The predicted molar refractivity (Wildman–Crippen MR) is 92.5 cm³/mol. The summed E-state index contributed by atoms with van der Waals surface area (Å²) in [7, 11) is 0. The first-order chi connectivity index (χ1) is 10.0. The predicted octanol–water partition coefficient (Wildman–Crippen LogP) is 5.40. The molecule has 0 fully saturated rings. The Balaban J connectivity index is 2.21. The van der Waals surface area contributed by atoms with Gasteiger partial charge in [-0.05, 0) is 41.6 Å². The van der Waals surface area contributed by atoms with Gasteiger partial charge in [0.1, 0.15) is 0 Å². The van der Waals surface area contributed by atoms with Crippen LogP contribution in [-0.2, 0) is 6.42 Å². The van der Waals surface area contributed by atoms with Gasteiger partial charge in [0.25, 0.3) is 0 Å². The SMILES string of the molecule is CC(C)c1ccc(CC(CN)c2cccc(Cl)c2Cl)cc1. The minimum Gasteiger partial charge on any atom is -0.330 e. The van der Waals surface area contributed by atoms with E-state index in [0.717, 1.165) is 12.0 Å².